The fourth-order valence-corrected chi connectivity index (χ4v) is 7.49. The molecule has 306 valence electrons. The topological polar surface area (TPSA) is 176 Å². The third kappa shape index (κ3) is 15.1. The zero-order valence-corrected chi connectivity index (χ0v) is 35.8. The largest absolute Gasteiger partial charge is 0.506 e. The number of piperazine rings is 1. The number of aromatic hydroxyl groups is 1. The fourth-order valence-electron chi connectivity index (χ4n) is 6.21. The van der Waals surface area contributed by atoms with Crippen molar-refractivity contribution < 1.29 is 24.3 Å². The Balaban J connectivity index is 0.000000215. The number of aromatic nitrogens is 1. The molecule has 0 saturated carbocycles. The van der Waals surface area contributed by atoms with Crippen LogP contribution in [-0.4, -0.2) is 128 Å². The lowest BCUT2D eigenvalue weighted by Gasteiger charge is -2.39. The number of nitrogens with two attached hydrogens (primary N) is 1. The molecule has 2 aromatic carbocycles. The summed E-state index contributed by atoms with van der Waals surface area (Å²) in [5.41, 5.74) is 9.37. The summed E-state index contributed by atoms with van der Waals surface area (Å²) in [5.74, 6) is -0.120. The average Bonchev–Trinajstić information content (AvgIpc) is 3.22. The molecule has 0 radical (unpaired) electrons. The van der Waals surface area contributed by atoms with Crippen LogP contribution in [0.3, 0.4) is 0 Å². The number of likely N-dealkylation sites (tertiary alicyclic amines) is 1. The number of nitrogens with zero attached hydrogens (tertiary/aromatic N) is 5. The van der Waals surface area contributed by atoms with E-state index in [4.69, 9.17) is 5.73 Å². The highest BCUT2D eigenvalue weighted by atomic mass is 79.9. The molecule has 0 aliphatic carbocycles. The molecule has 0 spiro atoms. The van der Waals surface area contributed by atoms with Crippen molar-refractivity contribution in [2.24, 2.45) is 5.73 Å². The van der Waals surface area contributed by atoms with Gasteiger partial charge < -0.3 is 51.2 Å². The minimum Gasteiger partial charge on any atom is -0.506 e. The summed E-state index contributed by atoms with van der Waals surface area (Å²) in [6.07, 6.45) is 9.78. The van der Waals surface area contributed by atoms with Gasteiger partial charge in [-0.25, -0.2) is 4.79 Å². The molecule has 14 nitrogen and oxygen atoms in total. The average molecular weight is 904 g/mol. The monoisotopic (exact) mass is 901 g/mol. The van der Waals surface area contributed by atoms with Crippen LogP contribution in [0.4, 0.5) is 16.2 Å². The lowest BCUT2D eigenvalue weighted by molar-refractivity contribution is -0.124. The van der Waals surface area contributed by atoms with Gasteiger partial charge in [0.1, 0.15) is 12.0 Å². The highest BCUT2D eigenvalue weighted by molar-refractivity contribution is 9.11. The molecular formula is C40H57Br2N9O5. The van der Waals surface area contributed by atoms with E-state index < -0.39 is 6.04 Å². The third-order valence-corrected chi connectivity index (χ3v) is 10.8. The van der Waals surface area contributed by atoms with Gasteiger partial charge >= 0.3 is 6.03 Å². The first-order chi connectivity index (χ1) is 27.0. The second kappa shape index (κ2) is 25.2. The van der Waals surface area contributed by atoms with E-state index in [0.29, 0.717) is 28.2 Å². The molecule has 6 N–H and O–H groups in total. The number of phenolic OH excluding ortho intramolecular Hbond substituents is 1. The van der Waals surface area contributed by atoms with Crippen LogP contribution >= 0.6 is 31.9 Å². The number of halogens is 2. The number of benzene rings is 2. The molecule has 3 aliphatic rings. The molecule has 16 heteroatoms. The number of amides is 4. The first-order valence-electron chi connectivity index (χ1n) is 19.0. The molecule has 1 aromatic heterocycles. The molecule has 3 aliphatic heterocycles. The number of pyridine rings is 1. The number of carbonyl (C=O) groups is 4. The number of hydrogen-bond donors (Lipinski definition) is 5. The van der Waals surface area contributed by atoms with Crippen molar-refractivity contribution in [2.75, 3.05) is 76.7 Å². The molecule has 4 heterocycles. The van der Waals surface area contributed by atoms with Gasteiger partial charge in [0.2, 0.25) is 12.3 Å². The number of urea groups is 1. The van der Waals surface area contributed by atoms with Crippen LogP contribution in [-0.2, 0) is 27.3 Å². The highest BCUT2D eigenvalue weighted by Gasteiger charge is 2.31. The molecule has 1 atom stereocenters. The van der Waals surface area contributed by atoms with E-state index in [-0.39, 0.29) is 30.3 Å². The number of piperidine rings is 1. The van der Waals surface area contributed by atoms with E-state index in [1.807, 2.05) is 41.6 Å². The van der Waals surface area contributed by atoms with E-state index >= 15 is 0 Å². The molecule has 2 saturated heterocycles. The number of carbonyl (C=O) groups excluding carboxylic acids is 4. The standard InChI is InChI=1S/C14H17N3O2.C12H14Br2N2O3.C10H15N3.C4H11N/c18-10-16-7-5-12(6-8-16)17-9-11-3-1-2-4-13(11)15-14(17)19;1-15-10(12(19)16-2-3-17)6-7-4-8(13)11(18)9(14)5-7;1-12-6-8-13(9-7-12)10-2-4-11-5-3-10;1-2-3-4-5/h1-4,10,12H,5-9H2,(H,15,19);3-5,10,15,18H,2,6H2,1H3,(H,16,19);2-5H,6-9H2,1H3;2-5H2,1H3/t;10-;;/m.1../s1. The second-order valence-corrected chi connectivity index (χ2v) is 15.3. The number of aldehydes is 1. The predicted molar refractivity (Wildman–Crippen MR) is 229 cm³/mol. The Morgan fingerprint density at radius 1 is 1.04 bits per heavy atom. The predicted octanol–water partition coefficient (Wildman–Crippen LogP) is 4.60. The first kappa shape index (κ1) is 46.3. The summed E-state index contributed by atoms with van der Waals surface area (Å²) in [6.45, 7) is 9.67. The van der Waals surface area contributed by atoms with Gasteiger partial charge in [0.15, 0.2) is 0 Å². The Hall–Kier alpha value is -4.09. The Bertz CT molecular complexity index is 1630. The van der Waals surface area contributed by atoms with Crippen LogP contribution in [0.1, 0.15) is 43.7 Å². The number of unbranched alkanes of at least 4 members (excludes halogenated alkanes) is 1. The Labute approximate surface area is 347 Å². The van der Waals surface area contributed by atoms with E-state index in [1.165, 1.54) is 18.5 Å². The molecule has 2 fully saturated rings. The van der Waals surface area contributed by atoms with Crippen LogP contribution in [0.15, 0.2) is 69.9 Å². The Kier molecular flexibility index (Phi) is 20.8. The van der Waals surface area contributed by atoms with Gasteiger partial charge in [-0.15, -0.1) is 0 Å². The van der Waals surface area contributed by atoms with Gasteiger partial charge in [-0.3, -0.25) is 14.6 Å². The summed E-state index contributed by atoms with van der Waals surface area (Å²) < 4.78 is 1.11. The van der Waals surface area contributed by atoms with Crippen LogP contribution in [0.2, 0.25) is 0 Å². The Morgan fingerprint density at radius 2 is 1.68 bits per heavy atom. The molecule has 6 rings (SSSR count). The molecule has 56 heavy (non-hydrogen) atoms. The third-order valence-electron chi connectivity index (χ3n) is 9.58. The number of anilines is 2. The van der Waals surface area contributed by atoms with Gasteiger partial charge in [-0.2, -0.15) is 0 Å². The van der Waals surface area contributed by atoms with Crippen molar-refractivity contribution in [3.05, 3.63) is 81.0 Å². The molecular weight excluding hydrogens is 846 g/mol. The van der Waals surface area contributed by atoms with Gasteiger partial charge in [0, 0.05) is 75.6 Å². The number of nitrogens with one attached hydrogen (secondary N) is 3. The fraction of sp³-hybridized carbons (Fsp3) is 0.475. The summed E-state index contributed by atoms with van der Waals surface area (Å²) >= 11 is 6.48. The van der Waals surface area contributed by atoms with Gasteiger partial charge in [-0.05, 0) is 120 Å². The van der Waals surface area contributed by atoms with Gasteiger partial charge in [-0.1, -0.05) is 31.5 Å². The molecule has 0 unspecified atom stereocenters. The summed E-state index contributed by atoms with van der Waals surface area (Å²) in [5, 5.41) is 17.9. The van der Waals surface area contributed by atoms with E-state index in [0.717, 1.165) is 81.9 Å². The molecule has 3 aromatic rings. The maximum Gasteiger partial charge on any atom is 0.322 e. The van der Waals surface area contributed by atoms with Crippen molar-refractivity contribution in [1.82, 2.24) is 30.3 Å². The summed E-state index contributed by atoms with van der Waals surface area (Å²) in [7, 11) is 3.85. The van der Waals surface area contributed by atoms with Crippen LogP contribution in [0.5, 0.6) is 5.75 Å². The SMILES string of the molecule is CCCCN.CN1CCN(c2ccncc2)CC1.CN[C@H](Cc1cc(Br)c(O)c(Br)c1)C(=O)NCC=O.O=CN1CCC(N2Cc3ccccc3NC2=O)CC1. The van der Waals surface area contributed by atoms with Gasteiger partial charge in [0.05, 0.1) is 21.5 Å². The zero-order chi connectivity index (χ0) is 40.9. The maximum absolute atomic E-state index is 12.1. The van der Waals surface area contributed by atoms with Crippen molar-refractivity contribution in [2.45, 2.75) is 57.7 Å². The van der Waals surface area contributed by atoms with Crippen molar-refractivity contribution in [1.29, 1.82) is 0 Å². The minimum absolute atomic E-state index is 0.0000198. The Morgan fingerprint density at radius 3 is 2.23 bits per heavy atom. The number of para-hydroxylation sites is 1. The number of hydrogen-bond acceptors (Lipinski definition) is 10. The van der Waals surface area contributed by atoms with E-state index in [9.17, 15) is 24.3 Å². The normalized spacial score (nSPS) is 16.0. The van der Waals surface area contributed by atoms with E-state index in [1.54, 1.807) is 24.1 Å². The highest BCUT2D eigenvalue weighted by Crippen LogP contribution is 2.33. The number of phenols is 1. The van der Waals surface area contributed by atoms with Crippen LogP contribution in [0, 0.1) is 0 Å². The van der Waals surface area contributed by atoms with E-state index in [2.05, 4.69) is 88.7 Å². The minimum atomic E-state index is -0.441. The summed E-state index contributed by atoms with van der Waals surface area (Å²) in [4.78, 5) is 57.3. The summed E-state index contributed by atoms with van der Waals surface area (Å²) in [6, 6.07) is 15.3. The van der Waals surface area contributed by atoms with Crippen LogP contribution < -0.4 is 26.6 Å². The quantitative estimate of drug-likeness (QED) is 0.171. The molecule has 0 bridgehead atoms. The van der Waals surface area contributed by atoms with Crippen molar-refractivity contribution in [3.63, 3.8) is 0 Å². The number of rotatable bonds is 11. The lowest BCUT2D eigenvalue weighted by Crippen LogP contribution is -2.49. The van der Waals surface area contributed by atoms with Crippen molar-refractivity contribution >= 4 is 67.9 Å². The smallest absolute Gasteiger partial charge is 0.322 e. The lowest BCUT2D eigenvalue weighted by atomic mass is 10.0. The number of fused-ring (bicyclic) bond motifs is 1. The number of likely N-dealkylation sites (N-methyl/N-ethyl adjacent to an activating group) is 2. The second-order valence-electron chi connectivity index (χ2n) is 13.6. The first-order valence-corrected chi connectivity index (χ1v) is 20.6. The zero-order valence-electron chi connectivity index (χ0n) is 32.6. The molecule has 4 amide bonds. The maximum atomic E-state index is 12.1. The van der Waals surface area contributed by atoms with Gasteiger partial charge in [0.25, 0.3) is 0 Å². The van der Waals surface area contributed by atoms with Crippen LogP contribution in [0.25, 0.3) is 0 Å². The van der Waals surface area contributed by atoms with Crippen molar-refractivity contribution in [3.8, 4) is 5.75 Å².